The molecule has 0 amide bonds. The molecule has 3 aromatic heterocycles. The zero-order chi connectivity index (χ0) is 22.5. The van der Waals surface area contributed by atoms with Crippen molar-refractivity contribution in [1.82, 2.24) is 19.9 Å². The van der Waals surface area contributed by atoms with Crippen LogP contribution in [0, 0.1) is 12.8 Å². The number of pyridine rings is 2. The SMILES string of the molecule is COc1ccc([C@H]2C[C@@H]2COc2nc(C)ncc2-c2ccc(OC(CO)CO)nc2)nc1. The third-order valence-electron chi connectivity index (χ3n) is 5.35. The molecule has 168 valence electrons. The zero-order valence-electron chi connectivity index (χ0n) is 18.0. The Morgan fingerprint density at radius 3 is 2.53 bits per heavy atom. The molecule has 1 aliphatic carbocycles. The van der Waals surface area contributed by atoms with E-state index in [-0.39, 0.29) is 13.2 Å². The first-order valence-corrected chi connectivity index (χ1v) is 10.4. The molecule has 2 N–H and O–H groups in total. The smallest absolute Gasteiger partial charge is 0.224 e. The van der Waals surface area contributed by atoms with Gasteiger partial charge in [-0.05, 0) is 31.5 Å². The molecule has 4 rings (SSSR count). The average Bonchev–Trinajstić information content (AvgIpc) is 3.61. The molecule has 0 bridgehead atoms. The lowest BCUT2D eigenvalue weighted by atomic mass is 10.1. The predicted molar refractivity (Wildman–Crippen MR) is 116 cm³/mol. The molecule has 0 aliphatic heterocycles. The molecule has 1 aliphatic rings. The van der Waals surface area contributed by atoms with E-state index in [0.717, 1.165) is 29.0 Å². The molecular formula is C23H26N4O5. The van der Waals surface area contributed by atoms with Gasteiger partial charge in [0.15, 0.2) is 0 Å². The normalized spacial score (nSPS) is 17.3. The Kier molecular flexibility index (Phi) is 6.77. The Bertz CT molecular complexity index is 1030. The van der Waals surface area contributed by atoms with Crippen molar-refractivity contribution >= 4 is 0 Å². The summed E-state index contributed by atoms with van der Waals surface area (Å²) in [5, 5.41) is 18.3. The fourth-order valence-corrected chi connectivity index (χ4v) is 3.38. The quantitative estimate of drug-likeness (QED) is 0.491. The van der Waals surface area contributed by atoms with E-state index >= 15 is 0 Å². The van der Waals surface area contributed by atoms with Crippen LogP contribution in [0.1, 0.15) is 23.9 Å². The van der Waals surface area contributed by atoms with Crippen molar-refractivity contribution in [3.63, 3.8) is 0 Å². The number of aliphatic hydroxyl groups is 2. The topological polar surface area (TPSA) is 120 Å². The third kappa shape index (κ3) is 5.12. The second-order valence-electron chi connectivity index (χ2n) is 7.66. The summed E-state index contributed by atoms with van der Waals surface area (Å²) in [6, 6.07) is 7.41. The van der Waals surface area contributed by atoms with Crippen molar-refractivity contribution in [2.75, 3.05) is 26.9 Å². The maximum absolute atomic E-state index is 9.15. The number of aliphatic hydroxyl groups excluding tert-OH is 2. The Hall–Kier alpha value is -3.30. The minimum Gasteiger partial charge on any atom is -0.495 e. The summed E-state index contributed by atoms with van der Waals surface area (Å²) in [7, 11) is 1.63. The van der Waals surface area contributed by atoms with Crippen molar-refractivity contribution in [3.8, 4) is 28.6 Å². The number of hydrogen-bond acceptors (Lipinski definition) is 9. The maximum Gasteiger partial charge on any atom is 0.224 e. The largest absolute Gasteiger partial charge is 0.495 e. The number of aromatic nitrogens is 4. The van der Waals surface area contributed by atoms with Gasteiger partial charge in [0, 0.05) is 41.6 Å². The van der Waals surface area contributed by atoms with Crippen LogP contribution in [0.3, 0.4) is 0 Å². The van der Waals surface area contributed by atoms with E-state index in [1.165, 1.54) is 0 Å². The molecule has 9 heteroatoms. The number of rotatable bonds is 10. The average molecular weight is 438 g/mol. The third-order valence-corrected chi connectivity index (χ3v) is 5.35. The van der Waals surface area contributed by atoms with Gasteiger partial charge in [-0.1, -0.05) is 0 Å². The summed E-state index contributed by atoms with van der Waals surface area (Å²) in [4.78, 5) is 17.5. The molecular weight excluding hydrogens is 412 g/mol. The maximum atomic E-state index is 9.15. The zero-order valence-corrected chi connectivity index (χ0v) is 18.0. The molecule has 0 saturated heterocycles. The second-order valence-corrected chi connectivity index (χ2v) is 7.66. The Morgan fingerprint density at radius 2 is 1.88 bits per heavy atom. The van der Waals surface area contributed by atoms with Gasteiger partial charge >= 0.3 is 0 Å². The number of hydrogen-bond donors (Lipinski definition) is 2. The molecule has 1 fully saturated rings. The van der Waals surface area contributed by atoms with E-state index < -0.39 is 6.10 Å². The van der Waals surface area contributed by atoms with Crippen LogP contribution in [0.2, 0.25) is 0 Å². The van der Waals surface area contributed by atoms with E-state index in [1.54, 1.807) is 31.8 Å². The van der Waals surface area contributed by atoms with E-state index in [4.69, 9.17) is 24.4 Å². The molecule has 0 radical (unpaired) electrons. The number of ether oxygens (including phenoxy) is 3. The van der Waals surface area contributed by atoms with Crippen LogP contribution in [0.15, 0.2) is 42.9 Å². The van der Waals surface area contributed by atoms with Gasteiger partial charge in [0.1, 0.15) is 17.7 Å². The van der Waals surface area contributed by atoms with Crippen LogP contribution in [-0.2, 0) is 0 Å². The number of nitrogens with zero attached hydrogens (tertiary/aromatic N) is 4. The van der Waals surface area contributed by atoms with Gasteiger partial charge in [-0.25, -0.2) is 9.97 Å². The monoisotopic (exact) mass is 438 g/mol. The van der Waals surface area contributed by atoms with Crippen molar-refractivity contribution < 1.29 is 24.4 Å². The molecule has 0 unspecified atom stereocenters. The van der Waals surface area contributed by atoms with Crippen LogP contribution < -0.4 is 14.2 Å². The molecule has 3 heterocycles. The first-order valence-electron chi connectivity index (χ1n) is 10.4. The van der Waals surface area contributed by atoms with Crippen LogP contribution in [0.5, 0.6) is 17.5 Å². The summed E-state index contributed by atoms with van der Waals surface area (Å²) >= 11 is 0. The Balaban J connectivity index is 1.42. The van der Waals surface area contributed by atoms with Crippen molar-refractivity contribution in [2.24, 2.45) is 5.92 Å². The molecule has 9 nitrogen and oxygen atoms in total. The van der Waals surface area contributed by atoms with Gasteiger partial charge in [0.05, 0.1) is 38.7 Å². The van der Waals surface area contributed by atoms with E-state index in [0.29, 0.717) is 36.0 Å². The van der Waals surface area contributed by atoms with Gasteiger partial charge in [-0.2, -0.15) is 4.98 Å². The standard InChI is InChI=1S/C23H26N4O5/c1-14-24-10-20(15-3-6-22(26-8-15)32-18(11-28)12-29)23(27-14)31-13-16-7-19(16)21-5-4-17(30-2)9-25-21/h3-6,8-10,16,18-19,28-29H,7,11-13H2,1-2H3/t16-,19+/m1/s1. The predicted octanol–water partition coefficient (Wildman–Crippen LogP) is 2.17. The highest BCUT2D eigenvalue weighted by Gasteiger charge is 2.40. The first-order chi connectivity index (χ1) is 15.6. The van der Waals surface area contributed by atoms with Crippen LogP contribution in [0.25, 0.3) is 11.1 Å². The molecule has 0 aromatic carbocycles. The fourth-order valence-electron chi connectivity index (χ4n) is 3.38. The van der Waals surface area contributed by atoms with Gasteiger partial charge in [0.2, 0.25) is 11.8 Å². The van der Waals surface area contributed by atoms with Gasteiger partial charge in [-0.15, -0.1) is 0 Å². The lowest BCUT2D eigenvalue weighted by molar-refractivity contribution is 0.0597. The molecule has 0 spiro atoms. The van der Waals surface area contributed by atoms with E-state index in [9.17, 15) is 0 Å². The van der Waals surface area contributed by atoms with Crippen LogP contribution >= 0.6 is 0 Å². The molecule has 1 saturated carbocycles. The first kappa shape index (κ1) is 21.9. The summed E-state index contributed by atoms with van der Waals surface area (Å²) in [6.45, 7) is 1.76. The van der Waals surface area contributed by atoms with E-state index in [2.05, 4.69) is 19.9 Å². The lowest BCUT2D eigenvalue weighted by Gasteiger charge is -2.14. The number of aryl methyl sites for hydroxylation is 1. The Morgan fingerprint density at radius 1 is 1.03 bits per heavy atom. The molecule has 2 atom stereocenters. The van der Waals surface area contributed by atoms with Crippen molar-refractivity contribution in [2.45, 2.75) is 25.4 Å². The van der Waals surface area contributed by atoms with Crippen molar-refractivity contribution in [1.29, 1.82) is 0 Å². The van der Waals surface area contributed by atoms with E-state index in [1.807, 2.05) is 25.1 Å². The summed E-state index contributed by atoms with van der Waals surface area (Å²) in [5.41, 5.74) is 2.55. The highest BCUT2D eigenvalue weighted by Crippen LogP contribution is 2.47. The van der Waals surface area contributed by atoms with Gasteiger partial charge in [0.25, 0.3) is 0 Å². The minimum absolute atomic E-state index is 0.294. The molecule has 32 heavy (non-hydrogen) atoms. The summed E-state index contributed by atoms with van der Waals surface area (Å²) in [6.07, 6.45) is 5.39. The highest BCUT2D eigenvalue weighted by molar-refractivity contribution is 5.67. The summed E-state index contributed by atoms with van der Waals surface area (Å²) < 4.78 is 16.7. The van der Waals surface area contributed by atoms with Gasteiger partial charge < -0.3 is 24.4 Å². The highest BCUT2D eigenvalue weighted by atomic mass is 16.5. The lowest BCUT2D eigenvalue weighted by Crippen LogP contribution is -2.25. The summed E-state index contributed by atoms with van der Waals surface area (Å²) in [5.74, 6) is 2.93. The van der Waals surface area contributed by atoms with Crippen LogP contribution in [0.4, 0.5) is 0 Å². The molecule has 3 aromatic rings. The minimum atomic E-state index is -0.707. The Labute approximate surface area is 186 Å². The number of methoxy groups -OCH3 is 1. The van der Waals surface area contributed by atoms with Gasteiger partial charge in [-0.3, -0.25) is 4.98 Å². The fraction of sp³-hybridized carbons (Fsp3) is 0.391. The van der Waals surface area contributed by atoms with Crippen molar-refractivity contribution in [3.05, 3.63) is 54.4 Å². The van der Waals surface area contributed by atoms with Crippen LogP contribution in [-0.4, -0.2) is 63.2 Å². The second kappa shape index (κ2) is 9.88.